The van der Waals surface area contributed by atoms with E-state index in [-0.39, 0.29) is 30.3 Å². The SMILES string of the molecule is CC(=O)N1C=Cc2ccccc2C1CC(=O)NC1CCN(Cc2ccc(Cl)cc2)CC1. The Morgan fingerprint density at radius 3 is 2.48 bits per heavy atom. The van der Waals surface area contributed by atoms with Crippen LogP contribution in [0.4, 0.5) is 0 Å². The number of hydrogen-bond donors (Lipinski definition) is 1. The van der Waals surface area contributed by atoms with Gasteiger partial charge in [0.2, 0.25) is 11.8 Å². The van der Waals surface area contributed by atoms with Crippen LogP contribution in [0.5, 0.6) is 0 Å². The molecule has 1 fully saturated rings. The van der Waals surface area contributed by atoms with Gasteiger partial charge in [-0.3, -0.25) is 14.5 Å². The lowest BCUT2D eigenvalue weighted by atomic mass is 9.93. The molecule has 6 heteroatoms. The van der Waals surface area contributed by atoms with Crippen molar-refractivity contribution >= 4 is 29.5 Å². The van der Waals surface area contributed by atoms with Crippen molar-refractivity contribution in [3.8, 4) is 0 Å². The highest BCUT2D eigenvalue weighted by atomic mass is 35.5. The summed E-state index contributed by atoms with van der Waals surface area (Å²) in [7, 11) is 0. The van der Waals surface area contributed by atoms with Crippen LogP contribution in [0.15, 0.2) is 54.7 Å². The number of carbonyl (C=O) groups is 2. The first-order valence-electron chi connectivity index (χ1n) is 10.8. The summed E-state index contributed by atoms with van der Waals surface area (Å²) in [5, 5.41) is 3.96. The van der Waals surface area contributed by atoms with E-state index in [1.807, 2.05) is 42.5 Å². The third-order valence-electron chi connectivity index (χ3n) is 6.12. The number of halogens is 1. The van der Waals surface area contributed by atoms with Gasteiger partial charge in [0.25, 0.3) is 0 Å². The third-order valence-corrected chi connectivity index (χ3v) is 6.37. The number of hydrogen-bond acceptors (Lipinski definition) is 3. The summed E-state index contributed by atoms with van der Waals surface area (Å²) in [5.74, 6) is -0.0587. The maximum absolute atomic E-state index is 12.9. The molecule has 0 bridgehead atoms. The van der Waals surface area contributed by atoms with E-state index in [1.165, 1.54) is 5.56 Å². The molecule has 2 aliphatic heterocycles. The van der Waals surface area contributed by atoms with Crippen molar-refractivity contribution in [2.24, 2.45) is 0 Å². The van der Waals surface area contributed by atoms with Crippen molar-refractivity contribution in [3.05, 3.63) is 76.4 Å². The van der Waals surface area contributed by atoms with Crippen LogP contribution < -0.4 is 5.32 Å². The fraction of sp³-hybridized carbons (Fsp3) is 0.360. The average molecular weight is 438 g/mol. The molecule has 1 atom stereocenters. The Balaban J connectivity index is 1.31. The second-order valence-corrected chi connectivity index (χ2v) is 8.77. The fourth-order valence-corrected chi connectivity index (χ4v) is 4.58. The molecule has 2 aromatic rings. The maximum atomic E-state index is 12.9. The summed E-state index contributed by atoms with van der Waals surface area (Å²) in [6.07, 6.45) is 5.85. The molecule has 1 unspecified atom stereocenters. The lowest BCUT2D eigenvalue weighted by molar-refractivity contribution is -0.130. The van der Waals surface area contributed by atoms with Crippen LogP contribution in [0.1, 0.15) is 48.9 Å². The fourth-order valence-electron chi connectivity index (χ4n) is 4.46. The Labute approximate surface area is 188 Å². The van der Waals surface area contributed by atoms with Gasteiger partial charge >= 0.3 is 0 Å². The van der Waals surface area contributed by atoms with E-state index in [2.05, 4.69) is 22.3 Å². The molecule has 0 spiro atoms. The lowest BCUT2D eigenvalue weighted by Gasteiger charge is -2.34. The number of piperidine rings is 1. The third kappa shape index (κ3) is 5.35. The molecule has 0 aromatic heterocycles. The van der Waals surface area contributed by atoms with E-state index < -0.39 is 0 Å². The van der Waals surface area contributed by atoms with Gasteiger partial charge in [-0.25, -0.2) is 0 Å². The number of fused-ring (bicyclic) bond motifs is 1. The Morgan fingerprint density at radius 1 is 1.06 bits per heavy atom. The van der Waals surface area contributed by atoms with Gasteiger partial charge in [-0.2, -0.15) is 0 Å². The minimum Gasteiger partial charge on any atom is -0.353 e. The molecule has 1 N–H and O–H groups in total. The number of nitrogens with one attached hydrogen (secondary N) is 1. The second-order valence-electron chi connectivity index (χ2n) is 8.34. The van der Waals surface area contributed by atoms with Gasteiger partial charge < -0.3 is 10.2 Å². The van der Waals surface area contributed by atoms with Crippen molar-refractivity contribution in [1.29, 1.82) is 0 Å². The van der Waals surface area contributed by atoms with Gasteiger partial charge in [0.05, 0.1) is 12.5 Å². The van der Waals surface area contributed by atoms with Crippen LogP contribution in [-0.4, -0.2) is 40.7 Å². The van der Waals surface area contributed by atoms with Gasteiger partial charge in [-0.1, -0.05) is 48.0 Å². The zero-order valence-corrected chi connectivity index (χ0v) is 18.5. The van der Waals surface area contributed by atoms with Gasteiger partial charge in [0.1, 0.15) is 0 Å². The molecule has 0 radical (unpaired) electrons. The summed E-state index contributed by atoms with van der Waals surface area (Å²) in [5.41, 5.74) is 3.33. The quantitative estimate of drug-likeness (QED) is 0.755. The standard InChI is InChI=1S/C25H28ClN3O2/c1-18(30)29-15-10-20-4-2-3-5-23(20)24(29)16-25(31)27-22-11-13-28(14-12-22)17-19-6-8-21(26)9-7-19/h2-10,15,22,24H,11-14,16-17H2,1H3,(H,27,31). The molecule has 31 heavy (non-hydrogen) atoms. The van der Waals surface area contributed by atoms with Crippen LogP contribution in [0.3, 0.4) is 0 Å². The van der Waals surface area contributed by atoms with Crippen molar-refractivity contribution in [2.75, 3.05) is 13.1 Å². The summed E-state index contributed by atoms with van der Waals surface area (Å²) >= 11 is 5.97. The van der Waals surface area contributed by atoms with E-state index in [0.717, 1.165) is 48.6 Å². The van der Waals surface area contributed by atoms with Crippen LogP contribution >= 0.6 is 11.6 Å². The molecule has 5 nitrogen and oxygen atoms in total. The molecule has 2 aliphatic rings. The number of amides is 2. The van der Waals surface area contributed by atoms with Crippen molar-refractivity contribution in [3.63, 3.8) is 0 Å². The molecule has 162 valence electrons. The molecule has 2 heterocycles. The summed E-state index contributed by atoms with van der Waals surface area (Å²) in [6.45, 7) is 4.33. The van der Waals surface area contributed by atoms with E-state index in [0.29, 0.717) is 0 Å². The van der Waals surface area contributed by atoms with Gasteiger partial charge in [0.15, 0.2) is 0 Å². The molecule has 1 saturated heterocycles. The number of benzene rings is 2. The zero-order chi connectivity index (χ0) is 21.8. The number of carbonyl (C=O) groups excluding carboxylic acids is 2. The van der Waals surface area contributed by atoms with E-state index >= 15 is 0 Å². The molecule has 0 saturated carbocycles. The number of nitrogens with zero attached hydrogens (tertiary/aromatic N) is 2. The first kappa shape index (κ1) is 21.6. The first-order chi connectivity index (χ1) is 15.0. The van der Waals surface area contributed by atoms with E-state index in [9.17, 15) is 9.59 Å². The van der Waals surface area contributed by atoms with E-state index in [1.54, 1.807) is 18.0 Å². The van der Waals surface area contributed by atoms with Gasteiger partial charge in [-0.15, -0.1) is 0 Å². The number of rotatable bonds is 5. The van der Waals surface area contributed by atoms with Crippen LogP contribution in [0.25, 0.3) is 6.08 Å². The largest absolute Gasteiger partial charge is 0.353 e. The summed E-state index contributed by atoms with van der Waals surface area (Å²) in [6, 6.07) is 15.8. The Morgan fingerprint density at radius 2 is 1.77 bits per heavy atom. The van der Waals surface area contributed by atoms with E-state index in [4.69, 9.17) is 11.6 Å². The normalized spacial score (nSPS) is 19.2. The Kier molecular flexibility index (Phi) is 6.73. The topological polar surface area (TPSA) is 52.7 Å². The van der Waals surface area contributed by atoms with Crippen molar-refractivity contribution < 1.29 is 9.59 Å². The average Bonchev–Trinajstić information content (AvgIpc) is 2.76. The van der Waals surface area contributed by atoms with Crippen molar-refractivity contribution in [1.82, 2.24) is 15.1 Å². The predicted molar refractivity (Wildman–Crippen MR) is 123 cm³/mol. The highest BCUT2D eigenvalue weighted by molar-refractivity contribution is 6.30. The highest BCUT2D eigenvalue weighted by Crippen LogP contribution is 2.32. The smallest absolute Gasteiger partial charge is 0.223 e. The molecule has 0 aliphatic carbocycles. The predicted octanol–water partition coefficient (Wildman–Crippen LogP) is 4.38. The second kappa shape index (κ2) is 9.67. The Bertz CT molecular complexity index is 965. The zero-order valence-electron chi connectivity index (χ0n) is 17.8. The molecule has 2 aromatic carbocycles. The van der Waals surface area contributed by atoms with Crippen LogP contribution in [0, 0.1) is 0 Å². The highest BCUT2D eigenvalue weighted by Gasteiger charge is 2.29. The molecular weight excluding hydrogens is 410 g/mol. The maximum Gasteiger partial charge on any atom is 0.223 e. The number of likely N-dealkylation sites (tertiary alicyclic amines) is 1. The van der Waals surface area contributed by atoms with Gasteiger partial charge in [0, 0.05) is 43.8 Å². The molecule has 4 rings (SSSR count). The van der Waals surface area contributed by atoms with Crippen LogP contribution in [0.2, 0.25) is 5.02 Å². The van der Waals surface area contributed by atoms with Crippen LogP contribution in [-0.2, 0) is 16.1 Å². The molecule has 2 amide bonds. The lowest BCUT2D eigenvalue weighted by Crippen LogP contribution is -2.45. The monoisotopic (exact) mass is 437 g/mol. The van der Waals surface area contributed by atoms with Crippen molar-refractivity contribution in [2.45, 2.75) is 44.8 Å². The Hall–Kier alpha value is -2.63. The minimum atomic E-state index is -0.260. The summed E-state index contributed by atoms with van der Waals surface area (Å²) < 4.78 is 0. The summed E-state index contributed by atoms with van der Waals surface area (Å²) in [4.78, 5) is 29.1. The minimum absolute atomic E-state index is 0.00231. The first-order valence-corrected chi connectivity index (χ1v) is 11.2. The molecular formula is C25H28ClN3O2. The van der Waals surface area contributed by atoms with Gasteiger partial charge in [-0.05, 0) is 47.7 Å².